The SMILES string of the molecule is CCNC(c1cc(CC)nn1CC)C1CCC(CC)CC1. The first-order chi connectivity index (χ1) is 10.2. The van der Waals surface area contributed by atoms with Crippen molar-refractivity contribution in [3.63, 3.8) is 0 Å². The Morgan fingerprint density at radius 1 is 1.19 bits per heavy atom. The van der Waals surface area contributed by atoms with Crippen LogP contribution in [0.2, 0.25) is 0 Å². The van der Waals surface area contributed by atoms with Gasteiger partial charge in [0.25, 0.3) is 0 Å². The first-order valence-electron chi connectivity index (χ1n) is 9.03. The molecule has 0 saturated heterocycles. The van der Waals surface area contributed by atoms with Crippen molar-refractivity contribution in [2.45, 2.75) is 78.8 Å². The molecule has 1 saturated carbocycles. The normalized spacial score (nSPS) is 24.2. The van der Waals surface area contributed by atoms with Gasteiger partial charge >= 0.3 is 0 Å². The van der Waals surface area contributed by atoms with E-state index in [1.165, 1.54) is 43.5 Å². The lowest BCUT2D eigenvalue weighted by molar-refractivity contribution is 0.214. The maximum absolute atomic E-state index is 4.75. The van der Waals surface area contributed by atoms with Gasteiger partial charge < -0.3 is 5.32 Å². The minimum absolute atomic E-state index is 0.487. The third kappa shape index (κ3) is 3.88. The van der Waals surface area contributed by atoms with E-state index in [0.29, 0.717) is 6.04 Å². The van der Waals surface area contributed by atoms with E-state index in [1.807, 2.05) is 0 Å². The monoisotopic (exact) mass is 291 g/mol. The Balaban J connectivity index is 2.16. The van der Waals surface area contributed by atoms with Crippen LogP contribution < -0.4 is 5.32 Å². The molecule has 1 heterocycles. The van der Waals surface area contributed by atoms with Crippen molar-refractivity contribution >= 4 is 0 Å². The highest BCUT2D eigenvalue weighted by atomic mass is 15.3. The molecule has 1 N–H and O–H groups in total. The second kappa shape index (κ2) is 7.98. The van der Waals surface area contributed by atoms with Gasteiger partial charge in [0.1, 0.15) is 0 Å². The van der Waals surface area contributed by atoms with Crippen LogP contribution in [0.3, 0.4) is 0 Å². The molecule has 0 aromatic carbocycles. The standard InChI is InChI=1S/C18H33N3/c1-5-14-9-11-15(12-10-14)18(19-7-3)17-13-16(6-2)20-21(17)8-4/h13-15,18-19H,5-12H2,1-4H3. The summed E-state index contributed by atoms with van der Waals surface area (Å²) in [6.07, 6.45) is 7.93. The van der Waals surface area contributed by atoms with E-state index in [1.54, 1.807) is 0 Å². The quantitative estimate of drug-likeness (QED) is 0.810. The van der Waals surface area contributed by atoms with Crippen LogP contribution in [0.1, 0.15) is 77.2 Å². The van der Waals surface area contributed by atoms with Gasteiger partial charge in [0.05, 0.1) is 17.4 Å². The van der Waals surface area contributed by atoms with Crippen molar-refractivity contribution in [2.75, 3.05) is 6.54 Å². The number of hydrogen-bond acceptors (Lipinski definition) is 2. The Bertz CT molecular complexity index is 416. The van der Waals surface area contributed by atoms with Crippen LogP contribution >= 0.6 is 0 Å². The van der Waals surface area contributed by atoms with Crippen LogP contribution in [0.15, 0.2) is 6.07 Å². The number of aryl methyl sites for hydroxylation is 2. The summed E-state index contributed by atoms with van der Waals surface area (Å²) in [7, 11) is 0. The van der Waals surface area contributed by atoms with E-state index in [0.717, 1.165) is 31.3 Å². The van der Waals surface area contributed by atoms with Gasteiger partial charge in [0.2, 0.25) is 0 Å². The lowest BCUT2D eigenvalue weighted by Crippen LogP contribution is -2.32. The largest absolute Gasteiger partial charge is 0.309 e. The van der Waals surface area contributed by atoms with Crippen LogP contribution in [-0.4, -0.2) is 16.3 Å². The van der Waals surface area contributed by atoms with Crippen molar-refractivity contribution in [1.82, 2.24) is 15.1 Å². The molecule has 0 bridgehead atoms. The van der Waals surface area contributed by atoms with Gasteiger partial charge in [-0.3, -0.25) is 4.68 Å². The van der Waals surface area contributed by atoms with E-state index < -0.39 is 0 Å². The molecular formula is C18H33N3. The van der Waals surface area contributed by atoms with Gasteiger partial charge in [-0.05, 0) is 50.6 Å². The highest BCUT2D eigenvalue weighted by Crippen LogP contribution is 2.38. The van der Waals surface area contributed by atoms with Gasteiger partial charge in [-0.2, -0.15) is 5.10 Å². The molecule has 0 radical (unpaired) electrons. The minimum atomic E-state index is 0.487. The number of aromatic nitrogens is 2. The van der Waals surface area contributed by atoms with Crippen LogP contribution in [0.5, 0.6) is 0 Å². The third-order valence-corrected chi connectivity index (χ3v) is 5.21. The minimum Gasteiger partial charge on any atom is -0.309 e. The molecular weight excluding hydrogens is 258 g/mol. The van der Waals surface area contributed by atoms with E-state index in [2.05, 4.69) is 43.8 Å². The van der Waals surface area contributed by atoms with Gasteiger partial charge in [0.15, 0.2) is 0 Å². The second-order valence-corrected chi connectivity index (χ2v) is 6.45. The molecule has 1 atom stereocenters. The average Bonchev–Trinajstić information content (AvgIpc) is 2.96. The summed E-state index contributed by atoms with van der Waals surface area (Å²) in [5.74, 6) is 1.74. The zero-order chi connectivity index (χ0) is 15.2. The maximum atomic E-state index is 4.75. The lowest BCUT2D eigenvalue weighted by atomic mass is 9.76. The molecule has 1 aliphatic rings. The van der Waals surface area contributed by atoms with Crippen LogP contribution in [-0.2, 0) is 13.0 Å². The Morgan fingerprint density at radius 2 is 1.90 bits per heavy atom. The zero-order valence-corrected chi connectivity index (χ0v) is 14.4. The second-order valence-electron chi connectivity index (χ2n) is 6.45. The summed E-state index contributed by atoms with van der Waals surface area (Å²) >= 11 is 0. The predicted molar refractivity (Wildman–Crippen MR) is 89.4 cm³/mol. The molecule has 1 aromatic rings. The molecule has 3 heteroatoms. The smallest absolute Gasteiger partial charge is 0.0625 e. The van der Waals surface area contributed by atoms with E-state index in [9.17, 15) is 0 Å². The topological polar surface area (TPSA) is 29.9 Å². The molecule has 3 nitrogen and oxygen atoms in total. The van der Waals surface area contributed by atoms with E-state index in [4.69, 9.17) is 5.10 Å². The highest BCUT2D eigenvalue weighted by Gasteiger charge is 2.29. The molecule has 1 aromatic heterocycles. The Kier molecular flexibility index (Phi) is 6.28. The third-order valence-electron chi connectivity index (χ3n) is 5.21. The summed E-state index contributed by atoms with van der Waals surface area (Å²) in [6.45, 7) is 11.0. The van der Waals surface area contributed by atoms with E-state index in [-0.39, 0.29) is 0 Å². The Morgan fingerprint density at radius 3 is 2.43 bits per heavy atom. The summed E-state index contributed by atoms with van der Waals surface area (Å²) in [5, 5.41) is 8.51. The number of nitrogens with one attached hydrogen (secondary N) is 1. The van der Waals surface area contributed by atoms with Gasteiger partial charge in [-0.1, -0.05) is 40.0 Å². The average molecular weight is 291 g/mol. The fraction of sp³-hybridized carbons (Fsp3) is 0.833. The molecule has 1 unspecified atom stereocenters. The van der Waals surface area contributed by atoms with Crippen LogP contribution in [0.25, 0.3) is 0 Å². The van der Waals surface area contributed by atoms with Crippen LogP contribution in [0, 0.1) is 11.8 Å². The van der Waals surface area contributed by atoms with Crippen molar-refractivity contribution in [2.24, 2.45) is 11.8 Å². The van der Waals surface area contributed by atoms with Crippen molar-refractivity contribution in [3.8, 4) is 0 Å². The maximum Gasteiger partial charge on any atom is 0.0625 e. The van der Waals surface area contributed by atoms with Crippen molar-refractivity contribution in [1.29, 1.82) is 0 Å². The van der Waals surface area contributed by atoms with Gasteiger partial charge in [0, 0.05) is 6.54 Å². The summed E-state index contributed by atoms with van der Waals surface area (Å²) < 4.78 is 2.22. The highest BCUT2D eigenvalue weighted by molar-refractivity contribution is 5.16. The first-order valence-corrected chi connectivity index (χ1v) is 9.03. The summed E-state index contributed by atoms with van der Waals surface area (Å²) in [5.41, 5.74) is 2.65. The molecule has 2 rings (SSSR count). The molecule has 120 valence electrons. The first kappa shape index (κ1) is 16.5. The lowest BCUT2D eigenvalue weighted by Gasteiger charge is -2.34. The number of hydrogen-bond donors (Lipinski definition) is 1. The van der Waals surface area contributed by atoms with Crippen molar-refractivity contribution < 1.29 is 0 Å². The Labute approximate surface area is 130 Å². The zero-order valence-electron chi connectivity index (χ0n) is 14.4. The molecule has 1 aliphatic carbocycles. The molecule has 0 spiro atoms. The molecule has 0 aliphatic heterocycles. The van der Waals surface area contributed by atoms with Gasteiger partial charge in [-0.25, -0.2) is 0 Å². The van der Waals surface area contributed by atoms with Crippen LogP contribution in [0.4, 0.5) is 0 Å². The predicted octanol–water partition coefficient (Wildman–Crippen LogP) is 4.33. The summed E-state index contributed by atoms with van der Waals surface area (Å²) in [6, 6.07) is 2.82. The number of rotatable bonds is 7. The summed E-state index contributed by atoms with van der Waals surface area (Å²) in [4.78, 5) is 0. The Hall–Kier alpha value is -0.830. The molecule has 21 heavy (non-hydrogen) atoms. The fourth-order valence-corrected chi connectivity index (χ4v) is 3.83. The fourth-order valence-electron chi connectivity index (χ4n) is 3.83. The molecule has 0 amide bonds. The molecule has 1 fully saturated rings. The van der Waals surface area contributed by atoms with Gasteiger partial charge in [-0.15, -0.1) is 0 Å². The van der Waals surface area contributed by atoms with E-state index >= 15 is 0 Å². The van der Waals surface area contributed by atoms with Crippen molar-refractivity contribution in [3.05, 3.63) is 17.5 Å². The number of nitrogens with zero attached hydrogens (tertiary/aromatic N) is 2.